The maximum absolute atomic E-state index is 13.1. The highest BCUT2D eigenvalue weighted by Gasteiger charge is 2.31. The highest BCUT2D eigenvalue weighted by atomic mass is 16.4. The number of likely N-dealkylation sites (tertiary alicyclic amines) is 1. The number of carbonyl (C=O) groups is 1. The molecule has 1 amide bonds. The van der Waals surface area contributed by atoms with Gasteiger partial charge in [-0.15, -0.1) is 0 Å². The lowest BCUT2D eigenvalue weighted by Crippen LogP contribution is -2.40. The van der Waals surface area contributed by atoms with Crippen LogP contribution < -0.4 is 5.63 Å². The van der Waals surface area contributed by atoms with Crippen molar-refractivity contribution >= 4 is 16.9 Å². The van der Waals surface area contributed by atoms with Crippen LogP contribution in [-0.4, -0.2) is 27.1 Å². The molecule has 25 heavy (non-hydrogen) atoms. The molecule has 0 aliphatic carbocycles. The van der Waals surface area contributed by atoms with Gasteiger partial charge in [0.1, 0.15) is 11.1 Å². The number of carbonyl (C=O) groups excluding carboxylic acids is 1. The van der Waals surface area contributed by atoms with Crippen LogP contribution in [0.15, 0.2) is 51.9 Å². The fourth-order valence-corrected chi connectivity index (χ4v) is 3.50. The molecule has 1 fully saturated rings. The number of hydrogen-bond acceptors (Lipinski definition) is 4. The van der Waals surface area contributed by atoms with Gasteiger partial charge in [-0.1, -0.05) is 18.2 Å². The molecule has 4 rings (SSSR count). The van der Waals surface area contributed by atoms with Gasteiger partial charge in [0.15, 0.2) is 0 Å². The first-order valence-electron chi connectivity index (χ1n) is 8.46. The number of para-hydroxylation sites is 1. The number of benzene rings is 1. The smallest absolute Gasteiger partial charge is 0.349 e. The van der Waals surface area contributed by atoms with E-state index in [2.05, 4.69) is 5.10 Å². The minimum absolute atomic E-state index is 0.0548. The summed E-state index contributed by atoms with van der Waals surface area (Å²) in [4.78, 5) is 27.2. The predicted molar refractivity (Wildman–Crippen MR) is 93.3 cm³/mol. The van der Waals surface area contributed by atoms with Gasteiger partial charge >= 0.3 is 5.63 Å². The molecule has 3 aromatic rings. The van der Waals surface area contributed by atoms with Crippen LogP contribution in [0.3, 0.4) is 0 Å². The van der Waals surface area contributed by atoms with E-state index in [-0.39, 0.29) is 17.5 Å². The maximum Gasteiger partial charge on any atom is 0.349 e. The Hall–Kier alpha value is -2.89. The lowest BCUT2D eigenvalue weighted by atomic mass is 9.96. The summed E-state index contributed by atoms with van der Waals surface area (Å²) in [6, 6.07) is 8.80. The zero-order valence-electron chi connectivity index (χ0n) is 14.0. The normalized spacial score (nSPS) is 17.8. The van der Waals surface area contributed by atoms with Gasteiger partial charge in [0, 0.05) is 30.7 Å². The lowest BCUT2D eigenvalue weighted by molar-refractivity contribution is 0.0607. The molecule has 0 N–H and O–H groups in total. The second-order valence-corrected chi connectivity index (χ2v) is 6.44. The minimum atomic E-state index is -0.584. The summed E-state index contributed by atoms with van der Waals surface area (Å²) in [5.74, 6) is -0.270. The van der Waals surface area contributed by atoms with E-state index in [1.165, 1.54) is 0 Å². The third kappa shape index (κ3) is 2.84. The first kappa shape index (κ1) is 15.6. The van der Waals surface area contributed by atoms with Crippen LogP contribution in [0.2, 0.25) is 0 Å². The van der Waals surface area contributed by atoms with Crippen LogP contribution in [0, 0.1) is 0 Å². The molecular formula is C19H19N3O3. The van der Waals surface area contributed by atoms with E-state index in [1.807, 2.05) is 25.4 Å². The fraction of sp³-hybridized carbons (Fsp3) is 0.316. The van der Waals surface area contributed by atoms with Gasteiger partial charge in [-0.2, -0.15) is 5.10 Å². The summed E-state index contributed by atoms with van der Waals surface area (Å²) < 4.78 is 7.06. The van der Waals surface area contributed by atoms with Gasteiger partial charge in [0.05, 0.1) is 12.2 Å². The Morgan fingerprint density at radius 3 is 2.92 bits per heavy atom. The molecule has 1 aliphatic rings. The maximum atomic E-state index is 13.1. The Labute approximate surface area is 144 Å². The number of rotatable bonds is 2. The lowest BCUT2D eigenvalue weighted by Gasteiger charge is -2.35. The number of nitrogens with zero attached hydrogens (tertiary/aromatic N) is 3. The summed E-state index contributed by atoms with van der Waals surface area (Å²) in [5.41, 5.74) is 1.00. The summed E-state index contributed by atoms with van der Waals surface area (Å²) in [7, 11) is 1.86. The molecule has 0 spiro atoms. The summed E-state index contributed by atoms with van der Waals surface area (Å²) in [6.45, 7) is 0.630. The average Bonchev–Trinajstić information content (AvgIpc) is 3.07. The SMILES string of the molecule is Cn1cc(C2CCCCN2C(=O)c2cc3ccccc3oc2=O)cn1. The van der Waals surface area contributed by atoms with E-state index in [1.54, 1.807) is 34.0 Å². The number of amides is 1. The largest absolute Gasteiger partial charge is 0.422 e. The Kier molecular flexibility index (Phi) is 3.87. The Morgan fingerprint density at radius 1 is 1.28 bits per heavy atom. The summed E-state index contributed by atoms with van der Waals surface area (Å²) >= 11 is 0. The van der Waals surface area contributed by atoms with Crippen LogP contribution in [-0.2, 0) is 7.05 Å². The Bertz CT molecular complexity index is 989. The molecule has 1 saturated heterocycles. The topological polar surface area (TPSA) is 68.3 Å². The van der Waals surface area contributed by atoms with E-state index in [0.29, 0.717) is 12.1 Å². The van der Waals surface area contributed by atoms with Crippen molar-refractivity contribution in [2.24, 2.45) is 7.05 Å². The molecule has 6 nitrogen and oxygen atoms in total. The van der Waals surface area contributed by atoms with Crippen molar-refractivity contribution in [2.75, 3.05) is 6.54 Å². The van der Waals surface area contributed by atoms with E-state index in [0.717, 1.165) is 30.2 Å². The van der Waals surface area contributed by atoms with E-state index >= 15 is 0 Å². The zero-order chi connectivity index (χ0) is 17.4. The molecule has 1 aliphatic heterocycles. The van der Waals surface area contributed by atoms with Gasteiger partial charge in [-0.05, 0) is 31.4 Å². The number of piperidine rings is 1. The van der Waals surface area contributed by atoms with Crippen molar-refractivity contribution in [2.45, 2.75) is 25.3 Å². The average molecular weight is 337 g/mol. The molecule has 128 valence electrons. The van der Waals surface area contributed by atoms with Gasteiger partial charge in [0.2, 0.25) is 0 Å². The highest BCUT2D eigenvalue weighted by molar-refractivity contribution is 5.96. The minimum Gasteiger partial charge on any atom is -0.422 e. The molecule has 0 radical (unpaired) electrons. The molecule has 1 atom stereocenters. The van der Waals surface area contributed by atoms with Gasteiger partial charge in [0.25, 0.3) is 5.91 Å². The molecule has 6 heteroatoms. The summed E-state index contributed by atoms with van der Waals surface area (Å²) in [6.07, 6.45) is 6.58. The second-order valence-electron chi connectivity index (χ2n) is 6.44. The third-order valence-electron chi connectivity index (χ3n) is 4.75. The Balaban J connectivity index is 1.73. The first-order valence-corrected chi connectivity index (χ1v) is 8.46. The molecule has 3 heterocycles. The first-order chi connectivity index (χ1) is 12.1. The highest BCUT2D eigenvalue weighted by Crippen LogP contribution is 2.31. The number of aromatic nitrogens is 2. The molecule has 0 saturated carbocycles. The zero-order valence-corrected chi connectivity index (χ0v) is 14.0. The van der Waals surface area contributed by atoms with Gasteiger partial charge < -0.3 is 9.32 Å². The van der Waals surface area contributed by atoms with E-state index in [9.17, 15) is 9.59 Å². The number of hydrogen-bond donors (Lipinski definition) is 0. The number of fused-ring (bicyclic) bond motifs is 1. The fourth-order valence-electron chi connectivity index (χ4n) is 3.50. The Morgan fingerprint density at radius 2 is 2.12 bits per heavy atom. The monoisotopic (exact) mass is 337 g/mol. The molecular weight excluding hydrogens is 318 g/mol. The van der Waals surface area contributed by atoms with Crippen molar-refractivity contribution in [1.29, 1.82) is 0 Å². The molecule has 1 unspecified atom stereocenters. The van der Waals surface area contributed by atoms with Crippen molar-refractivity contribution in [3.63, 3.8) is 0 Å². The summed E-state index contributed by atoms with van der Waals surface area (Å²) in [5, 5.41) is 4.97. The quantitative estimate of drug-likeness (QED) is 0.674. The van der Waals surface area contributed by atoms with Crippen molar-refractivity contribution < 1.29 is 9.21 Å². The van der Waals surface area contributed by atoms with Crippen molar-refractivity contribution in [3.8, 4) is 0 Å². The van der Waals surface area contributed by atoms with Crippen LogP contribution >= 0.6 is 0 Å². The van der Waals surface area contributed by atoms with E-state index < -0.39 is 5.63 Å². The van der Waals surface area contributed by atoms with Crippen LogP contribution in [0.5, 0.6) is 0 Å². The van der Waals surface area contributed by atoms with Crippen LogP contribution in [0.1, 0.15) is 41.2 Å². The molecule has 1 aromatic carbocycles. The van der Waals surface area contributed by atoms with Crippen molar-refractivity contribution in [3.05, 3.63) is 64.3 Å². The second kappa shape index (κ2) is 6.20. The standard InChI is InChI=1S/C19H19N3O3/c1-21-12-14(11-20-21)16-7-4-5-9-22(16)18(23)15-10-13-6-2-3-8-17(13)25-19(15)24/h2-3,6,8,10-12,16H,4-5,7,9H2,1H3. The predicted octanol–water partition coefficient (Wildman–Crippen LogP) is 2.89. The third-order valence-corrected chi connectivity index (χ3v) is 4.75. The molecule has 0 bridgehead atoms. The van der Waals surface area contributed by atoms with Gasteiger partial charge in [-0.25, -0.2) is 4.79 Å². The van der Waals surface area contributed by atoms with E-state index in [4.69, 9.17) is 4.42 Å². The molecule has 2 aromatic heterocycles. The van der Waals surface area contributed by atoms with Crippen LogP contribution in [0.25, 0.3) is 11.0 Å². The van der Waals surface area contributed by atoms with Crippen molar-refractivity contribution in [1.82, 2.24) is 14.7 Å². The number of aryl methyl sites for hydroxylation is 1. The van der Waals surface area contributed by atoms with Gasteiger partial charge in [-0.3, -0.25) is 9.48 Å². The van der Waals surface area contributed by atoms with Crippen LogP contribution in [0.4, 0.5) is 0 Å².